The zero-order valence-corrected chi connectivity index (χ0v) is 8.50. The molecule has 0 aliphatic heterocycles. The van der Waals surface area contributed by atoms with Crippen LogP contribution >= 0.6 is 27.5 Å². The molecule has 0 saturated heterocycles. The molecule has 68 valence electrons. The number of rotatable bonds is 2. The molecule has 4 nitrogen and oxygen atoms in total. The van der Waals surface area contributed by atoms with Crippen molar-refractivity contribution in [3.63, 3.8) is 0 Å². The summed E-state index contributed by atoms with van der Waals surface area (Å²) in [5, 5.41) is 2.21. The van der Waals surface area contributed by atoms with Crippen molar-refractivity contribution in [2.45, 2.75) is 0 Å². The van der Waals surface area contributed by atoms with Crippen LogP contribution in [-0.4, -0.2) is 5.97 Å². The monoisotopic (exact) mass is 263 g/mol. The molecule has 0 radical (unpaired) electrons. The lowest BCUT2D eigenvalue weighted by Gasteiger charge is -2.01. The average Bonchev–Trinajstić information content (AvgIpc) is 2.04. The van der Waals surface area contributed by atoms with Gasteiger partial charge in [-0.1, -0.05) is 17.7 Å². The minimum atomic E-state index is -0.882. The summed E-state index contributed by atoms with van der Waals surface area (Å²) in [6, 6.07) is 4.76. The van der Waals surface area contributed by atoms with Gasteiger partial charge in [0.25, 0.3) is 0 Å². The van der Waals surface area contributed by atoms with Gasteiger partial charge in [-0.3, -0.25) is 4.84 Å². The number of benzene rings is 1. The van der Waals surface area contributed by atoms with Gasteiger partial charge in [0.2, 0.25) is 0 Å². The molecule has 1 aromatic rings. The predicted octanol–water partition coefficient (Wildman–Crippen LogP) is 2.94. The molecule has 13 heavy (non-hydrogen) atoms. The normalized spacial score (nSPS) is 9.38. The molecule has 0 amide bonds. The van der Waals surface area contributed by atoms with Gasteiger partial charge in [0.1, 0.15) is 0 Å². The van der Waals surface area contributed by atoms with Gasteiger partial charge in [0, 0.05) is 4.47 Å². The molecule has 0 heterocycles. The first-order valence-electron chi connectivity index (χ1n) is 3.15. The van der Waals surface area contributed by atoms with Crippen LogP contribution in [0.3, 0.4) is 0 Å². The van der Waals surface area contributed by atoms with Crippen molar-refractivity contribution < 1.29 is 9.63 Å². The fourth-order valence-corrected chi connectivity index (χ4v) is 1.67. The fraction of sp³-hybridized carbons (Fsp3) is 0. The lowest BCUT2D eigenvalue weighted by atomic mass is 10.2. The molecule has 0 bridgehead atoms. The van der Waals surface area contributed by atoms with Crippen LogP contribution in [0.25, 0.3) is 0 Å². The second-order valence-corrected chi connectivity index (χ2v) is 3.31. The summed E-state index contributed by atoms with van der Waals surface area (Å²) in [4.78, 5) is 24.6. The van der Waals surface area contributed by atoms with Crippen molar-refractivity contribution in [1.29, 1.82) is 0 Å². The largest absolute Gasteiger partial charge is 0.371 e. The third kappa shape index (κ3) is 2.26. The predicted molar refractivity (Wildman–Crippen MR) is 50.4 cm³/mol. The molecule has 0 spiro atoms. The van der Waals surface area contributed by atoms with Gasteiger partial charge < -0.3 is 0 Å². The number of hydrogen-bond acceptors (Lipinski definition) is 4. The SMILES string of the molecule is O=NOC(=O)c1c(Cl)cccc1Br. The molecule has 0 aliphatic rings. The van der Waals surface area contributed by atoms with E-state index in [9.17, 15) is 9.70 Å². The zero-order valence-electron chi connectivity index (χ0n) is 6.16. The number of hydrogen-bond donors (Lipinski definition) is 0. The maximum Gasteiger partial charge on any atom is 0.371 e. The van der Waals surface area contributed by atoms with E-state index in [1.165, 1.54) is 6.07 Å². The second-order valence-electron chi connectivity index (χ2n) is 2.05. The highest BCUT2D eigenvalue weighted by molar-refractivity contribution is 9.10. The number of carbonyl (C=O) groups excluding carboxylic acids is 1. The van der Waals surface area contributed by atoms with Gasteiger partial charge in [0.15, 0.2) is 5.34 Å². The van der Waals surface area contributed by atoms with Crippen molar-refractivity contribution in [2.24, 2.45) is 5.34 Å². The smallest absolute Gasteiger partial charge is 0.279 e. The van der Waals surface area contributed by atoms with E-state index >= 15 is 0 Å². The summed E-state index contributed by atoms with van der Waals surface area (Å²) in [5.74, 6) is -0.882. The number of carbonyl (C=O) groups is 1. The van der Waals surface area contributed by atoms with Crippen LogP contribution < -0.4 is 0 Å². The summed E-state index contributed by atoms with van der Waals surface area (Å²) in [6.07, 6.45) is 0. The molecular weight excluding hydrogens is 261 g/mol. The summed E-state index contributed by atoms with van der Waals surface area (Å²) in [7, 11) is 0. The molecule has 0 atom stereocenters. The first-order chi connectivity index (χ1) is 6.16. The Bertz CT molecular complexity index is 335. The van der Waals surface area contributed by atoms with Crippen LogP contribution in [0.1, 0.15) is 10.4 Å². The first-order valence-corrected chi connectivity index (χ1v) is 4.32. The van der Waals surface area contributed by atoms with Gasteiger partial charge in [-0.15, -0.1) is 4.91 Å². The second kappa shape index (κ2) is 4.34. The fourth-order valence-electron chi connectivity index (χ4n) is 0.772. The Morgan fingerprint density at radius 1 is 1.54 bits per heavy atom. The third-order valence-electron chi connectivity index (χ3n) is 1.29. The number of nitrogens with zero attached hydrogens (tertiary/aromatic N) is 1. The van der Waals surface area contributed by atoms with Gasteiger partial charge in [-0.2, -0.15) is 0 Å². The van der Waals surface area contributed by atoms with Crippen LogP contribution in [0, 0.1) is 4.91 Å². The molecule has 0 aromatic heterocycles. The Morgan fingerprint density at radius 2 is 2.23 bits per heavy atom. The lowest BCUT2D eigenvalue weighted by Crippen LogP contribution is -2.02. The minimum Gasteiger partial charge on any atom is -0.279 e. The highest BCUT2D eigenvalue weighted by Crippen LogP contribution is 2.25. The van der Waals surface area contributed by atoms with Crippen molar-refractivity contribution in [2.75, 3.05) is 0 Å². The van der Waals surface area contributed by atoms with E-state index in [0.29, 0.717) is 4.47 Å². The quantitative estimate of drug-likeness (QED) is 0.609. The summed E-state index contributed by atoms with van der Waals surface area (Å²) < 4.78 is 0.452. The molecule has 0 N–H and O–H groups in total. The van der Waals surface area contributed by atoms with E-state index in [1.54, 1.807) is 12.1 Å². The summed E-state index contributed by atoms with van der Waals surface area (Å²) in [6.45, 7) is 0. The summed E-state index contributed by atoms with van der Waals surface area (Å²) in [5.41, 5.74) is 0.0868. The molecule has 6 heteroatoms. The Balaban J connectivity index is 3.12. The highest BCUT2D eigenvalue weighted by atomic mass is 79.9. The van der Waals surface area contributed by atoms with Crippen molar-refractivity contribution in [1.82, 2.24) is 0 Å². The van der Waals surface area contributed by atoms with Crippen LogP contribution in [-0.2, 0) is 4.84 Å². The summed E-state index contributed by atoms with van der Waals surface area (Å²) >= 11 is 8.77. The molecule has 1 rings (SSSR count). The topological polar surface area (TPSA) is 55.7 Å². The van der Waals surface area contributed by atoms with Crippen LogP contribution in [0.5, 0.6) is 0 Å². The van der Waals surface area contributed by atoms with Crippen LogP contribution in [0.4, 0.5) is 0 Å². The van der Waals surface area contributed by atoms with Crippen molar-refractivity contribution in [3.8, 4) is 0 Å². The maximum absolute atomic E-state index is 11.1. The van der Waals surface area contributed by atoms with Gasteiger partial charge >= 0.3 is 5.97 Å². The highest BCUT2D eigenvalue weighted by Gasteiger charge is 2.15. The van der Waals surface area contributed by atoms with Crippen molar-refractivity contribution in [3.05, 3.63) is 38.2 Å². The van der Waals surface area contributed by atoms with E-state index in [0.717, 1.165) is 0 Å². The first kappa shape index (κ1) is 10.1. The maximum atomic E-state index is 11.1. The van der Waals surface area contributed by atoms with E-state index in [1.807, 2.05) is 5.34 Å². The van der Waals surface area contributed by atoms with Crippen LogP contribution in [0.15, 0.2) is 28.0 Å². The lowest BCUT2D eigenvalue weighted by molar-refractivity contribution is 0.0507. The molecule has 0 fully saturated rings. The average molecular weight is 264 g/mol. The Hall–Kier alpha value is -0.940. The minimum absolute atomic E-state index is 0.0868. The van der Waals surface area contributed by atoms with E-state index < -0.39 is 5.97 Å². The Morgan fingerprint density at radius 3 is 2.77 bits per heavy atom. The third-order valence-corrected chi connectivity index (χ3v) is 2.26. The number of halogens is 2. The van der Waals surface area contributed by atoms with Gasteiger partial charge in [0.05, 0.1) is 10.6 Å². The molecule has 0 saturated carbocycles. The Kier molecular flexibility index (Phi) is 3.39. The standard InChI is InChI=1S/C7H3BrClNO3/c8-4-2-1-3-5(9)6(4)7(11)13-10-12/h1-3H. The van der Waals surface area contributed by atoms with E-state index in [2.05, 4.69) is 20.8 Å². The molecular formula is C7H3BrClNO3. The van der Waals surface area contributed by atoms with Crippen molar-refractivity contribution >= 4 is 33.5 Å². The van der Waals surface area contributed by atoms with E-state index in [4.69, 9.17) is 11.6 Å². The van der Waals surface area contributed by atoms with Gasteiger partial charge in [-0.05, 0) is 28.1 Å². The van der Waals surface area contributed by atoms with Gasteiger partial charge in [-0.25, -0.2) is 4.79 Å². The van der Waals surface area contributed by atoms with E-state index in [-0.39, 0.29) is 10.6 Å². The Labute approximate surface area is 86.9 Å². The zero-order chi connectivity index (χ0) is 9.84. The van der Waals surface area contributed by atoms with Crippen LogP contribution in [0.2, 0.25) is 5.02 Å². The molecule has 1 aromatic carbocycles. The molecule has 0 unspecified atom stereocenters. The molecule has 0 aliphatic carbocycles.